The van der Waals surface area contributed by atoms with Crippen molar-refractivity contribution in [1.82, 2.24) is 30.1 Å². The van der Waals surface area contributed by atoms with Crippen molar-refractivity contribution in [3.8, 4) is 11.4 Å². The number of halogens is 1. The quantitative estimate of drug-likeness (QED) is 0.682. The van der Waals surface area contributed by atoms with E-state index in [1.165, 1.54) is 4.80 Å². The molecule has 3 aromatic rings. The number of carbonyl (C=O) groups excluding carboxylic acids is 1. The summed E-state index contributed by atoms with van der Waals surface area (Å²) in [5, 5.41) is 12.9. The summed E-state index contributed by atoms with van der Waals surface area (Å²) in [6.07, 6.45) is 3.56. The second-order valence-corrected chi connectivity index (χ2v) is 6.66. The molecule has 1 amide bonds. The van der Waals surface area contributed by atoms with Gasteiger partial charge in [0.1, 0.15) is 6.54 Å². The van der Waals surface area contributed by atoms with Crippen molar-refractivity contribution in [2.24, 2.45) is 0 Å². The molecule has 4 rings (SSSR count). The first kappa shape index (κ1) is 17.4. The summed E-state index contributed by atoms with van der Waals surface area (Å²) in [5.74, 6) is 0.464. The third-order valence-electron chi connectivity index (χ3n) is 4.49. The fraction of sp³-hybridized carbons (Fsp3) is 0.278. The Balaban J connectivity index is 1.34. The van der Waals surface area contributed by atoms with E-state index in [1.54, 1.807) is 24.5 Å². The van der Waals surface area contributed by atoms with Gasteiger partial charge in [-0.1, -0.05) is 11.6 Å². The van der Waals surface area contributed by atoms with Gasteiger partial charge in [-0.2, -0.15) is 4.80 Å². The molecule has 8 nitrogen and oxygen atoms in total. The van der Waals surface area contributed by atoms with Crippen LogP contribution in [0.1, 0.15) is 0 Å². The molecule has 138 valence electrons. The number of hydrogen-bond acceptors (Lipinski definition) is 6. The summed E-state index contributed by atoms with van der Waals surface area (Å²) in [6, 6.07) is 11.1. The number of benzene rings is 1. The predicted octanol–water partition coefficient (Wildman–Crippen LogP) is 1.74. The standard InChI is InChI=1S/C18H18ClN7O/c19-15-3-1-14(2-4-15)18-21-23-26(22-18)13-17(27)25-11-9-24(10-12-25)16-5-7-20-8-6-16/h1-8H,9-13H2. The van der Waals surface area contributed by atoms with Crippen molar-refractivity contribution in [1.29, 1.82) is 0 Å². The summed E-state index contributed by atoms with van der Waals surface area (Å²) >= 11 is 5.89. The predicted molar refractivity (Wildman–Crippen MR) is 101 cm³/mol. The van der Waals surface area contributed by atoms with Crippen LogP contribution in [0.25, 0.3) is 11.4 Å². The highest BCUT2D eigenvalue weighted by Crippen LogP contribution is 2.17. The number of pyridine rings is 1. The first-order valence-corrected chi connectivity index (χ1v) is 9.03. The van der Waals surface area contributed by atoms with Crippen molar-refractivity contribution in [3.05, 3.63) is 53.8 Å². The summed E-state index contributed by atoms with van der Waals surface area (Å²) in [7, 11) is 0. The number of amides is 1. The molecule has 0 spiro atoms. The number of hydrogen-bond donors (Lipinski definition) is 0. The van der Waals surface area contributed by atoms with E-state index in [-0.39, 0.29) is 12.5 Å². The van der Waals surface area contributed by atoms with E-state index in [2.05, 4.69) is 25.3 Å². The van der Waals surface area contributed by atoms with Crippen LogP contribution in [0.3, 0.4) is 0 Å². The first-order chi connectivity index (χ1) is 13.2. The number of anilines is 1. The fourth-order valence-corrected chi connectivity index (χ4v) is 3.14. The van der Waals surface area contributed by atoms with Crippen molar-refractivity contribution in [2.45, 2.75) is 6.54 Å². The van der Waals surface area contributed by atoms with Gasteiger partial charge in [0.2, 0.25) is 11.7 Å². The maximum absolute atomic E-state index is 12.6. The van der Waals surface area contributed by atoms with Crippen LogP contribution >= 0.6 is 11.6 Å². The van der Waals surface area contributed by atoms with Gasteiger partial charge >= 0.3 is 0 Å². The van der Waals surface area contributed by atoms with E-state index in [1.807, 2.05) is 29.2 Å². The highest BCUT2D eigenvalue weighted by atomic mass is 35.5. The number of piperazine rings is 1. The zero-order valence-corrected chi connectivity index (χ0v) is 15.3. The molecule has 1 fully saturated rings. The average Bonchev–Trinajstić information content (AvgIpc) is 3.18. The van der Waals surface area contributed by atoms with E-state index in [0.717, 1.165) is 24.3 Å². The SMILES string of the molecule is O=C(Cn1nnc(-c2ccc(Cl)cc2)n1)N1CCN(c2ccncc2)CC1. The van der Waals surface area contributed by atoms with E-state index < -0.39 is 0 Å². The normalized spacial score (nSPS) is 14.4. The van der Waals surface area contributed by atoms with Crippen molar-refractivity contribution < 1.29 is 4.79 Å². The number of carbonyl (C=O) groups is 1. The van der Waals surface area contributed by atoms with Gasteiger partial charge < -0.3 is 9.80 Å². The molecule has 1 aliphatic rings. The summed E-state index contributed by atoms with van der Waals surface area (Å²) < 4.78 is 0. The summed E-state index contributed by atoms with van der Waals surface area (Å²) in [5.41, 5.74) is 1.94. The van der Waals surface area contributed by atoms with Gasteiger partial charge in [-0.05, 0) is 41.6 Å². The topological polar surface area (TPSA) is 80.0 Å². The van der Waals surface area contributed by atoms with Crippen molar-refractivity contribution in [3.63, 3.8) is 0 Å². The third-order valence-corrected chi connectivity index (χ3v) is 4.74. The molecule has 2 aromatic heterocycles. The molecule has 1 saturated heterocycles. The van der Waals surface area contributed by atoms with Crippen LogP contribution in [0.2, 0.25) is 5.02 Å². The van der Waals surface area contributed by atoms with E-state index >= 15 is 0 Å². The van der Waals surface area contributed by atoms with E-state index in [4.69, 9.17) is 11.6 Å². The van der Waals surface area contributed by atoms with Crippen molar-refractivity contribution in [2.75, 3.05) is 31.1 Å². The zero-order chi connectivity index (χ0) is 18.6. The number of tetrazole rings is 1. The molecule has 0 radical (unpaired) electrons. The number of aromatic nitrogens is 5. The van der Waals surface area contributed by atoms with Crippen LogP contribution in [0.4, 0.5) is 5.69 Å². The molecular weight excluding hydrogens is 366 g/mol. The molecule has 1 aromatic carbocycles. The van der Waals surface area contributed by atoms with Gasteiger partial charge in [-0.25, -0.2) is 0 Å². The Morgan fingerprint density at radius 2 is 1.70 bits per heavy atom. The molecule has 0 N–H and O–H groups in total. The Labute approximate surface area is 161 Å². The maximum atomic E-state index is 12.6. The highest BCUT2D eigenvalue weighted by Gasteiger charge is 2.22. The second kappa shape index (κ2) is 7.71. The van der Waals surface area contributed by atoms with Crippen LogP contribution in [-0.4, -0.2) is 62.2 Å². The Hall–Kier alpha value is -3.00. The molecule has 0 atom stereocenters. The minimum Gasteiger partial charge on any atom is -0.368 e. The van der Waals surface area contributed by atoms with Crippen LogP contribution < -0.4 is 4.90 Å². The van der Waals surface area contributed by atoms with Crippen LogP contribution in [0.5, 0.6) is 0 Å². The molecule has 0 bridgehead atoms. The average molecular weight is 384 g/mol. The molecular formula is C18H18ClN7O. The molecule has 0 unspecified atom stereocenters. The van der Waals surface area contributed by atoms with E-state index in [9.17, 15) is 4.79 Å². The lowest BCUT2D eigenvalue weighted by Gasteiger charge is -2.35. The monoisotopic (exact) mass is 383 g/mol. The van der Waals surface area contributed by atoms with Gasteiger partial charge in [0.05, 0.1) is 0 Å². The number of rotatable bonds is 4. The summed E-state index contributed by atoms with van der Waals surface area (Å²) in [6.45, 7) is 2.99. The largest absolute Gasteiger partial charge is 0.368 e. The van der Waals surface area contributed by atoms with Crippen molar-refractivity contribution >= 4 is 23.2 Å². The Morgan fingerprint density at radius 3 is 2.41 bits per heavy atom. The fourth-order valence-electron chi connectivity index (χ4n) is 3.01. The van der Waals surface area contributed by atoms with Gasteiger partial charge in [0.25, 0.3) is 0 Å². The van der Waals surface area contributed by atoms with Gasteiger partial charge in [-0.15, -0.1) is 10.2 Å². The minimum absolute atomic E-state index is 0.00978. The lowest BCUT2D eigenvalue weighted by atomic mass is 10.2. The van der Waals surface area contributed by atoms with Crippen LogP contribution in [-0.2, 0) is 11.3 Å². The molecule has 0 saturated carbocycles. The maximum Gasteiger partial charge on any atom is 0.246 e. The smallest absolute Gasteiger partial charge is 0.246 e. The van der Waals surface area contributed by atoms with Crippen LogP contribution in [0.15, 0.2) is 48.8 Å². The Kier molecular flexibility index (Phi) is 4.97. The Morgan fingerprint density at radius 1 is 1.00 bits per heavy atom. The molecule has 0 aliphatic carbocycles. The zero-order valence-electron chi connectivity index (χ0n) is 14.6. The molecule has 3 heterocycles. The highest BCUT2D eigenvalue weighted by molar-refractivity contribution is 6.30. The van der Waals surface area contributed by atoms with Gasteiger partial charge in [0.15, 0.2) is 0 Å². The lowest BCUT2D eigenvalue weighted by molar-refractivity contribution is -0.132. The molecule has 27 heavy (non-hydrogen) atoms. The van der Waals surface area contributed by atoms with Gasteiger partial charge in [-0.3, -0.25) is 9.78 Å². The first-order valence-electron chi connectivity index (χ1n) is 8.65. The second-order valence-electron chi connectivity index (χ2n) is 6.22. The molecule has 9 heteroatoms. The summed E-state index contributed by atoms with van der Waals surface area (Å²) in [4.78, 5) is 22.0. The van der Waals surface area contributed by atoms with E-state index in [0.29, 0.717) is 23.9 Å². The lowest BCUT2D eigenvalue weighted by Crippen LogP contribution is -2.49. The Bertz CT molecular complexity index is 905. The van der Waals surface area contributed by atoms with Crippen LogP contribution in [0, 0.1) is 0 Å². The minimum atomic E-state index is -0.00978. The third kappa shape index (κ3) is 4.06. The number of nitrogens with zero attached hydrogens (tertiary/aromatic N) is 7. The van der Waals surface area contributed by atoms with Gasteiger partial charge in [0, 0.05) is 54.8 Å². The molecule has 1 aliphatic heterocycles.